The Balaban J connectivity index is 1.85. The van der Waals surface area contributed by atoms with E-state index in [0.29, 0.717) is 6.61 Å². The highest BCUT2D eigenvalue weighted by Crippen LogP contribution is 2.33. The molecule has 3 N–H and O–H groups in total. The van der Waals surface area contributed by atoms with Crippen LogP contribution in [0.4, 0.5) is 4.39 Å². The van der Waals surface area contributed by atoms with Crippen LogP contribution >= 0.6 is 0 Å². The quantitative estimate of drug-likeness (QED) is 0.667. The van der Waals surface area contributed by atoms with E-state index in [0.717, 1.165) is 17.7 Å². The van der Waals surface area contributed by atoms with Gasteiger partial charge in [0.2, 0.25) is 0 Å². The highest BCUT2D eigenvalue weighted by Gasteiger charge is 2.28. The van der Waals surface area contributed by atoms with Crippen LogP contribution in [-0.2, 0) is 6.42 Å². The summed E-state index contributed by atoms with van der Waals surface area (Å²) in [6, 6.07) is 14.4. The monoisotopic (exact) mass is 272 g/mol. The van der Waals surface area contributed by atoms with Gasteiger partial charge in [-0.2, -0.15) is 0 Å². The van der Waals surface area contributed by atoms with Crippen molar-refractivity contribution in [1.29, 1.82) is 0 Å². The van der Waals surface area contributed by atoms with Crippen LogP contribution in [0.25, 0.3) is 0 Å². The first-order valence-electron chi connectivity index (χ1n) is 6.70. The molecule has 0 spiro atoms. The lowest BCUT2D eigenvalue weighted by Crippen LogP contribution is -2.38. The lowest BCUT2D eigenvalue weighted by atomic mass is 9.87. The molecule has 1 aliphatic rings. The van der Waals surface area contributed by atoms with E-state index in [-0.39, 0.29) is 17.8 Å². The molecule has 0 aliphatic carbocycles. The maximum absolute atomic E-state index is 13.4. The number of fused-ring (bicyclic) bond motifs is 1. The Bertz CT molecular complexity index is 603. The average molecular weight is 272 g/mol. The van der Waals surface area contributed by atoms with Crippen LogP contribution in [-0.4, -0.2) is 6.61 Å². The van der Waals surface area contributed by atoms with Gasteiger partial charge in [-0.1, -0.05) is 30.3 Å². The molecule has 1 aliphatic heterocycles. The number of hydrogen-bond donors (Lipinski definition) is 2. The van der Waals surface area contributed by atoms with E-state index in [1.54, 1.807) is 6.07 Å². The molecule has 2 unspecified atom stereocenters. The van der Waals surface area contributed by atoms with E-state index in [9.17, 15) is 4.39 Å². The van der Waals surface area contributed by atoms with Crippen LogP contribution < -0.4 is 16.0 Å². The van der Waals surface area contributed by atoms with Gasteiger partial charge in [-0.25, -0.2) is 4.39 Å². The van der Waals surface area contributed by atoms with E-state index in [2.05, 4.69) is 11.5 Å². The summed E-state index contributed by atoms with van der Waals surface area (Å²) in [7, 11) is 0. The molecule has 1 heterocycles. The molecule has 20 heavy (non-hydrogen) atoms. The van der Waals surface area contributed by atoms with Crippen LogP contribution in [0.1, 0.15) is 17.2 Å². The summed E-state index contributed by atoms with van der Waals surface area (Å²) < 4.78 is 19.2. The van der Waals surface area contributed by atoms with Crippen molar-refractivity contribution < 1.29 is 9.13 Å². The Kier molecular flexibility index (Phi) is 3.67. The molecule has 0 radical (unpaired) electrons. The molecule has 0 saturated carbocycles. The third-order valence-electron chi connectivity index (χ3n) is 3.77. The normalized spacial score (nSPS) is 19.0. The zero-order chi connectivity index (χ0) is 13.9. The Labute approximate surface area is 117 Å². The number of benzene rings is 2. The third kappa shape index (κ3) is 2.53. The second kappa shape index (κ2) is 5.61. The van der Waals surface area contributed by atoms with Crippen LogP contribution in [0.5, 0.6) is 5.75 Å². The first-order chi connectivity index (χ1) is 9.78. The number of para-hydroxylation sites is 1. The number of halogens is 1. The number of nitrogens with two attached hydrogens (primary N) is 1. The van der Waals surface area contributed by atoms with Gasteiger partial charge in [0.1, 0.15) is 11.6 Å². The highest BCUT2D eigenvalue weighted by atomic mass is 19.1. The van der Waals surface area contributed by atoms with Crippen molar-refractivity contribution >= 4 is 0 Å². The summed E-state index contributed by atoms with van der Waals surface area (Å²) in [6.07, 6.45) is 0.863. The molecule has 0 bridgehead atoms. The molecule has 4 heteroatoms. The molecular weight excluding hydrogens is 255 g/mol. The molecule has 0 aromatic heterocycles. The first kappa shape index (κ1) is 13.1. The fourth-order valence-electron chi connectivity index (χ4n) is 2.77. The van der Waals surface area contributed by atoms with E-state index in [4.69, 9.17) is 10.6 Å². The Hall–Kier alpha value is -1.91. The molecule has 0 saturated heterocycles. The Morgan fingerprint density at radius 2 is 2.05 bits per heavy atom. The molecule has 0 amide bonds. The molecular formula is C16H17FN2O. The lowest BCUT2D eigenvalue weighted by Gasteiger charge is -2.31. The van der Waals surface area contributed by atoms with E-state index in [1.165, 1.54) is 17.7 Å². The molecule has 2 aromatic rings. The summed E-state index contributed by atoms with van der Waals surface area (Å²) in [6.45, 7) is 0.572. The van der Waals surface area contributed by atoms with Gasteiger partial charge in [0, 0.05) is 5.92 Å². The van der Waals surface area contributed by atoms with Crippen molar-refractivity contribution in [3.63, 3.8) is 0 Å². The molecule has 3 nitrogen and oxygen atoms in total. The van der Waals surface area contributed by atoms with Crippen LogP contribution in [0.3, 0.4) is 0 Å². The second-order valence-corrected chi connectivity index (χ2v) is 5.08. The largest absolute Gasteiger partial charge is 0.493 e. The number of rotatable bonds is 3. The summed E-state index contributed by atoms with van der Waals surface area (Å²) in [5, 5.41) is 0. The van der Waals surface area contributed by atoms with Crippen molar-refractivity contribution in [2.75, 3.05) is 6.61 Å². The smallest absolute Gasteiger partial charge is 0.123 e. The van der Waals surface area contributed by atoms with E-state index in [1.807, 2.05) is 24.3 Å². The second-order valence-electron chi connectivity index (χ2n) is 5.08. The van der Waals surface area contributed by atoms with Gasteiger partial charge < -0.3 is 4.74 Å². The number of hydrogen-bond acceptors (Lipinski definition) is 3. The standard InChI is InChI=1S/C16H17FN2O/c17-14-6-3-5-12(9-14)16(19-18)13-8-11-4-1-2-7-15(11)20-10-13/h1-7,9,13,16,19H,8,10,18H2. The van der Waals surface area contributed by atoms with Gasteiger partial charge in [0.25, 0.3) is 0 Å². The highest BCUT2D eigenvalue weighted by molar-refractivity contribution is 5.36. The first-order valence-corrected chi connectivity index (χ1v) is 6.70. The molecule has 2 aromatic carbocycles. The van der Waals surface area contributed by atoms with Crippen LogP contribution in [0, 0.1) is 11.7 Å². The summed E-state index contributed by atoms with van der Waals surface area (Å²) in [5.74, 6) is 6.53. The van der Waals surface area contributed by atoms with E-state index >= 15 is 0 Å². The molecule has 3 rings (SSSR count). The SMILES string of the molecule is NNC(c1cccc(F)c1)C1COc2ccccc2C1. The minimum absolute atomic E-state index is 0.126. The van der Waals surface area contributed by atoms with Crippen molar-refractivity contribution in [3.05, 3.63) is 65.5 Å². The maximum Gasteiger partial charge on any atom is 0.123 e. The van der Waals surface area contributed by atoms with Gasteiger partial charge in [-0.05, 0) is 35.7 Å². The van der Waals surface area contributed by atoms with Gasteiger partial charge >= 0.3 is 0 Å². The predicted molar refractivity (Wildman–Crippen MR) is 75.6 cm³/mol. The summed E-state index contributed by atoms with van der Waals surface area (Å²) in [4.78, 5) is 0. The van der Waals surface area contributed by atoms with Crippen molar-refractivity contribution in [1.82, 2.24) is 5.43 Å². The molecule has 104 valence electrons. The van der Waals surface area contributed by atoms with Gasteiger partial charge in [-0.15, -0.1) is 0 Å². The zero-order valence-corrected chi connectivity index (χ0v) is 11.1. The van der Waals surface area contributed by atoms with Gasteiger partial charge in [-0.3, -0.25) is 11.3 Å². The average Bonchev–Trinajstić information content (AvgIpc) is 2.48. The molecule has 0 fully saturated rings. The Morgan fingerprint density at radius 3 is 2.85 bits per heavy atom. The number of nitrogens with one attached hydrogen (secondary N) is 1. The van der Waals surface area contributed by atoms with Crippen LogP contribution in [0.15, 0.2) is 48.5 Å². The number of ether oxygens (including phenoxy) is 1. The summed E-state index contributed by atoms with van der Waals surface area (Å²) >= 11 is 0. The van der Waals surface area contributed by atoms with E-state index < -0.39 is 0 Å². The zero-order valence-electron chi connectivity index (χ0n) is 11.1. The minimum atomic E-state index is -0.250. The summed E-state index contributed by atoms with van der Waals surface area (Å²) in [5.41, 5.74) is 4.81. The molecule has 2 atom stereocenters. The van der Waals surface area contributed by atoms with Crippen LogP contribution in [0.2, 0.25) is 0 Å². The van der Waals surface area contributed by atoms with Crippen molar-refractivity contribution in [2.45, 2.75) is 12.5 Å². The predicted octanol–water partition coefficient (Wildman–Crippen LogP) is 2.58. The fourth-order valence-corrected chi connectivity index (χ4v) is 2.77. The lowest BCUT2D eigenvalue weighted by molar-refractivity contribution is 0.184. The number of hydrazine groups is 1. The topological polar surface area (TPSA) is 47.3 Å². The van der Waals surface area contributed by atoms with Crippen molar-refractivity contribution in [2.24, 2.45) is 11.8 Å². The Morgan fingerprint density at radius 1 is 1.20 bits per heavy atom. The minimum Gasteiger partial charge on any atom is -0.493 e. The third-order valence-corrected chi connectivity index (χ3v) is 3.77. The van der Waals surface area contributed by atoms with Gasteiger partial charge in [0.05, 0.1) is 12.6 Å². The van der Waals surface area contributed by atoms with Crippen molar-refractivity contribution in [3.8, 4) is 5.75 Å². The van der Waals surface area contributed by atoms with Gasteiger partial charge in [0.15, 0.2) is 0 Å². The fraction of sp³-hybridized carbons (Fsp3) is 0.250. The maximum atomic E-state index is 13.4.